The first-order valence-electron chi connectivity index (χ1n) is 7.74. The summed E-state index contributed by atoms with van der Waals surface area (Å²) in [6, 6.07) is 17.4. The first kappa shape index (κ1) is 17.7. The Balaban J connectivity index is 2.00. The number of rotatable bonds is 7. The summed E-state index contributed by atoms with van der Waals surface area (Å²) in [7, 11) is 0. The van der Waals surface area contributed by atoms with Crippen molar-refractivity contribution in [3.05, 3.63) is 71.8 Å². The van der Waals surface area contributed by atoms with Crippen molar-refractivity contribution in [2.45, 2.75) is 24.9 Å². The second-order valence-electron chi connectivity index (χ2n) is 5.56. The Kier molecular flexibility index (Phi) is 6.48. The van der Waals surface area contributed by atoms with Gasteiger partial charge in [-0.25, -0.2) is 5.84 Å². The van der Waals surface area contributed by atoms with Gasteiger partial charge in [0.25, 0.3) is 5.91 Å². The summed E-state index contributed by atoms with van der Waals surface area (Å²) in [6.07, 6.45) is 0.739. The van der Waals surface area contributed by atoms with Crippen molar-refractivity contribution >= 4 is 11.8 Å². The highest BCUT2D eigenvalue weighted by atomic mass is 16.2. The SMILES string of the molecule is NNC(=O)[C@H](Cc1ccccc1)NC(=O)[C@@H](N)Cc1ccccc1. The summed E-state index contributed by atoms with van der Waals surface area (Å²) >= 11 is 0. The molecule has 0 aliphatic heterocycles. The van der Waals surface area contributed by atoms with Crippen LogP contribution in [0.15, 0.2) is 60.7 Å². The molecule has 0 radical (unpaired) electrons. The second kappa shape index (κ2) is 8.81. The van der Waals surface area contributed by atoms with E-state index in [0.717, 1.165) is 11.1 Å². The van der Waals surface area contributed by atoms with Crippen molar-refractivity contribution < 1.29 is 9.59 Å². The molecule has 0 aromatic heterocycles. The average molecular weight is 326 g/mol. The third kappa shape index (κ3) is 5.19. The normalized spacial score (nSPS) is 12.9. The molecule has 0 bridgehead atoms. The summed E-state index contributed by atoms with van der Waals surface area (Å²) in [5.41, 5.74) is 9.92. The summed E-state index contributed by atoms with van der Waals surface area (Å²) in [6.45, 7) is 0. The number of nitrogens with two attached hydrogens (primary N) is 2. The molecule has 0 aliphatic rings. The van der Waals surface area contributed by atoms with Gasteiger partial charge in [0.1, 0.15) is 6.04 Å². The van der Waals surface area contributed by atoms with E-state index in [-0.39, 0.29) is 5.91 Å². The molecule has 0 saturated carbocycles. The molecule has 126 valence electrons. The van der Waals surface area contributed by atoms with Crippen LogP contribution < -0.4 is 22.3 Å². The topological polar surface area (TPSA) is 110 Å². The Labute approximate surface area is 141 Å². The molecule has 2 rings (SSSR count). The molecule has 6 N–H and O–H groups in total. The van der Waals surface area contributed by atoms with Crippen molar-refractivity contribution in [1.82, 2.24) is 10.7 Å². The number of carbonyl (C=O) groups is 2. The Morgan fingerprint density at radius 2 is 1.33 bits per heavy atom. The molecule has 24 heavy (non-hydrogen) atoms. The molecule has 2 aromatic carbocycles. The van der Waals surface area contributed by atoms with Gasteiger partial charge in [-0.1, -0.05) is 60.7 Å². The van der Waals surface area contributed by atoms with Crippen LogP contribution in [-0.2, 0) is 22.4 Å². The van der Waals surface area contributed by atoms with E-state index in [0.29, 0.717) is 12.8 Å². The predicted octanol–water partition coefficient (Wildman–Crippen LogP) is 0.274. The molecule has 0 aliphatic carbocycles. The van der Waals surface area contributed by atoms with E-state index in [2.05, 4.69) is 10.7 Å². The third-order valence-electron chi connectivity index (χ3n) is 3.69. The Hall–Kier alpha value is -2.70. The van der Waals surface area contributed by atoms with E-state index in [4.69, 9.17) is 11.6 Å². The van der Waals surface area contributed by atoms with Crippen LogP contribution in [0, 0.1) is 0 Å². The largest absolute Gasteiger partial charge is 0.343 e. The van der Waals surface area contributed by atoms with Crippen LogP contribution in [0.5, 0.6) is 0 Å². The lowest BCUT2D eigenvalue weighted by Crippen LogP contribution is -2.54. The highest BCUT2D eigenvalue weighted by Crippen LogP contribution is 2.05. The first-order chi connectivity index (χ1) is 11.6. The molecule has 0 heterocycles. The zero-order valence-corrected chi connectivity index (χ0v) is 13.3. The Morgan fingerprint density at radius 1 is 0.833 bits per heavy atom. The first-order valence-corrected chi connectivity index (χ1v) is 7.74. The van der Waals surface area contributed by atoms with Crippen LogP contribution in [-0.4, -0.2) is 23.9 Å². The highest BCUT2D eigenvalue weighted by Gasteiger charge is 2.23. The van der Waals surface area contributed by atoms with Crippen LogP contribution in [0.2, 0.25) is 0 Å². The summed E-state index contributed by atoms with van der Waals surface area (Å²) in [5.74, 6) is 4.37. The zero-order chi connectivity index (χ0) is 17.4. The molecule has 0 fully saturated rings. The number of amides is 2. The van der Waals surface area contributed by atoms with Crippen molar-refractivity contribution in [2.75, 3.05) is 0 Å². The number of benzene rings is 2. The van der Waals surface area contributed by atoms with Gasteiger partial charge >= 0.3 is 0 Å². The molecule has 2 atom stereocenters. The van der Waals surface area contributed by atoms with Gasteiger partial charge in [0.05, 0.1) is 6.04 Å². The van der Waals surface area contributed by atoms with Crippen molar-refractivity contribution in [3.8, 4) is 0 Å². The molecule has 0 spiro atoms. The van der Waals surface area contributed by atoms with Gasteiger partial charge in [-0.05, 0) is 17.5 Å². The van der Waals surface area contributed by atoms with E-state index in [1.807, 2.05) is 60.7 Å². The molecular weight excluding hydrogens is 304 g/mol. The van der Waals surface area contributed by atoms with E-state index in [1.165, 1.54) is 0 Å². The van der Waals surface area contributed by atoms with Gasteiger partial charge < -0.3 is 11.1 Å². The predicted molar refractivity (Wildman–Crippen MR) is 92.5 cm³/mol. The molecule has 2 amide bonds. The van der Waals surface area contributed by atoms with Gasteiger partial charge in [0, 0.05) is 6.42 Å². The van der Waals surface area contributed by atoms with E-state index in [1.54, 1.807) is 0 Å². The van der Waals surface area contributed by atoms with Gasteiger partial charge in [-0.2, -0.15) is 0 Å². The van der Waals surface area contributed by atoms with Gasteiger partial charge in [0.2, 0.25) is 5.91 Å². The molecule has 6 nitrogen and oxygen atoms in total. The fraction of sp³-hybridized carbons (Fsp3) is 0.222. The smallest absolute Gasteiger partial charge is 0.256 e. The molecule has 2 aromatic rings. The number of hydrogen-bond donors (Lipinski definition) is 4. The molecular formula is C18H22N4O2. The van der Waals surface area contributed by atoms with Crippen LogP contribution in [0.3, 0.4) is 0 Å². The van der Waals surface area contributed by atoms with Crippen molar-refractivity contribution in [2.24, 2.45) is 11.6 Å². The van der Waals surface area contributed by atoms with Gasteiger partial charge in [-0.3, -0.25) is 15.0 Å². The van der Waals surface area contributed by atoms with Crippen LogP contribution in [0.4, 0.5) is 0 Å². The average Bonchev–Trinajstić information content (AvgIpc) is 2.62. The van der Waals surface area contributed by atoms with Crippen LogP contribution >= 0.6 is 0 Å². The molecule has 6 heteroatoms. The second-order valence-corrected chi connectivity index (χ2v) is 5.56. The van der Waals surface area contributed by atoms with Crippen molar-refractivity contribution in [1.29, 1.82) is 0 Å². The lowest BCUT2D eigenvalue weighted by molar-refractivity contribution is -0.129. The van der Waals surface area contributed by atoms with Crippen LogP contribution in [0.1, 0.15) is 11.1 Å². The summed E-state index contributed by atoms with van der Waals surface area (Å²) in [5, 5.41) is 2.68. The lowest BCUT2D eigenvalue weighted by atomic mass is 10.0. The zero-order valence-electron chi connectivity index (χ0n) is 13.3. The van der Waals surface area contributed by atoms with E-state index < -0.39 is 18.0 Å². The monoisotopic (exact) mass is 326 g/mol. The molecule has 0 saturated heterocycles. The highest BCUT2D eigenvalue weighted by molar-refractivity contribution is 5.89. The molecule has 0 unspecified atom stereocenters. The quantitative estimate of drug-likeness (QED) is 0.333. The van der Waals surface area contributed by atoms with E-state index in [9.17, 15) is 9.59 Å². The third-order valence-corrected chi connectivity index (χ3v) is 3.69. The number of nitrogens with one attached hydrogen (secondary N) is 2. The Bertz CT molecular complexity index is 661. The number of hydrazine groups is 1. The maximum atomic E-state index is 12.3. The number of carbonyl (C=O) groups excluding carboxylic acids is 2. The maximum Gasteiger partial charge on any atom is 0.256 e. The lowest BCUT2D eigenvalue weighted by Gasteiger charge is -2.20. The fourth-order valence-corrected chi connectivity index (χ4v) is 2.40. The summed E-state index contributed by atoms with van der Waals surface area (Å²) in [4.78, 5) is 24.3. The standard InChI is InChI=1S/C18H22N4O2/c19-15(11-13-7-3-1-4-8-13)17(23)21-16(18(24)22-20)12-14-9-5-2-6-10-14/h1-10,15-16H,11-12,19-20H2,(H,21,23)(H,22,24)/t15-,16-/m0/s1. The van der Waals surface area contributed by atoms with Crippen LogP contribution in [0.25, 0.3) is 0 Å². The number of hydrogen-bond acceptors (Lipinski definition) is 4. The Morgan fingerprint density at radius 3 is 1.83 bits per heavy atom. The minimum Gasteiger partial charge on any atom is -0.343 e. The maximum absolute atomic E-state index is 12.3. The minimum absolute atomic E-state index is 0.341. The fourth-order valence-electron chi connectivity index (χ4n) is 2.40. The van der Waals surface area contributed by atoms with Crippen molar-refractivity contribution in [3.63, 3.8) is 0 Å². The van der Waals surface area contributed by atoms with Gasteiger partial charge in [-0.15, -0.1) is 0 Å². The van der Waals surface area contributed by atoms with Gasteiger partial charge in [0.15, 0.2) is 0 Å². The minimum atomic E-state index is -0.772. The summed E-state index contributed by atoms with van der Waals surface area (Å²) < 4.78 is 0. The van der Waals surface area contributed by atoms with E-state index >= 15 is 0 Å².